The van der Waals surface area contributed by atoms with Crippen LogP contribution in [0, 0.1) is 0 Å². The highest BCUT2D eigenvalue weighted by Crippen LogP contribution is 2.41. The van der Waals surface area contributed by atoms with E-state index in [2.05, 4.69) is 79.4 Å². The van der Waals surface area contributed by atoms with E-state index < -0.39 is 0 Å². The lowest BCUT2D eigenvalue weighted by Crippen LogP contribution is -2.14. The number of benzene rings is 2. The van der Waals surface area contributed by atoms with Crippen LogP contribution in [0.25, 0.3) is 0 Å². The van der Waals surface area contributed by atoms with Crippen molar-refractivity contribution in [2.75, 3.05) is 0 Å². The van der Waals surface area contributed by atoms with Gasteiger partial charge in [0.15, 0.2) is 0 Å². The van der Waals surface area contributed by atoms with Gasteiger partial charge in [0, 0.05) is 12.1 Å². The van der Waals surface area contributed by atoms with E-state index in [1.165, 1.54) is 11.1 Å². The molecule has 0 aliphatic carbocycles. The van der Waals surface area contributed by atoms with E-state index in [0.717, 1.165) is 0 Å². The molecule has 1 nitrogen and oxygen atoms in total. The smallest absolute Gasteiger partial charge is 0.0607 e. The van der Waals surface area contributed by atoms with Crippen LogP contribution in [0.2, 0.25) is 0 Å². The maximum atomic E-state index is 2.57. The normalized spacial score (nSPS) is 26.3. The van der Waals surface area contributed by atoms with Crippen molar-refractivity contribution in [2.45, 2.75) is 32.0 Å². The first-order valence-electron chi connectivity index (χ1n) is 6.66. The molecule has 1 heterocycles. The van der Waals surface area contributed by atoms with Gasteiger partial charge in [0.25, 0.3) is 0 Å². The van der Waals surface area contributed by atoms with Crippen LogP contribution in [0.3, 0.4) is 0 Å². The quantitative estimate of drug-likeness (QED) is 0.732. The molecule has 0 N–H and O–H groups in total. The minimum atomic E-state index is 0.400. The molecule has 3 rings (SSSR count). The standard InChI is InChI=1S/C17H19N/c1-13-14(2)18(13)17(15-9-5-3-6-10-15)16-11-7-4-8-12-16/h3-14,17H,1-2H3. The zero-order chi connectivity index (χ0) is 12.5. The van der Waals surface area contributed by atoms with E-state index >= 15 is 0 Å². The molecule has 2 aromatic carbocycles. The summed E-state index contributed by atoms with van der Waals surface area (Å²) < 4.78 is 0. The second-order valence-electron chi connectivity index (χ2n) is 5.15. The predicted molar refractivity (Wildman–Crippen MR) is 75.5 cm³/mol. The van der Waals surface area contributed by atoms with Crippen molar-refractivity contribution in [2.24, 2.45) is 0 Å². The fourth-order valence-corrected chi connectivity index (χ4v) is 2.81. The van der Waals surface area contributed by atoms with E-state index in [1.54, 1.807) is 0 Å². The van der Waals surface area contributed by atoms with E-state index in [1.807, 2.05) is 0 Å². The molecule has 92 valence electrons. The minimum absolute atomic E-state index is 0.400. The van der Waals surface area contributed by atoms with E-state index in [0.29, 0.717) is 18.1 Å². The van der Waals surface area contributed by atoms with Gasteiger partial charge in [-0.25, -0.2) is 0 Å². The summed E-state index contributed by atoms with van der Waals surface area (Å²) in [6.45, 7) is 4.62. The van der Waals surface area contributed by atoms with Gasteiger partial charge in [-0.3, -0.25) is 4.90 Å². The van der Waals surface area contributed by atoms with Gasteiger partial charge in [-0.15, -0.1) is 0 Å². The molecule has 2 unspecified atom stereocenters. The van der Waals surface area contributed by atoms with Gasteiger partial charge >= 0.3 is 0 Å². The van der Waals surface area contributed by atoms with Crippen LogP contribution in [0.5, 0.6) is 0 Å². The fraction of sp³-hybridized carbons (Fsp3) is 0.294. The predicted octanol–water partition coefficient (Wildman–Crippen LogP) is 3.87. The maximum absolute atomic E-state index is 2.57. The molecule has 0 saturated carbocycles. The van der Waals surface area contributed by atoms with Crippen LogP contribution in [0.1, 0.15) is 31.0 Å². The molecule has 0 spiro atoms. The van der Waals surface area contributed by atoms with Crippen molar-refractivity contribution < 1.29 is 0 Å². The Morgan fingerprint density at radius 3 is 1.44 bits per heavy atom. The van der Waals surface area contributed by atoms with Gasteiger partial charge in [0.05, 0.1) is 6.04 Å². The lowest BCUT2D eigenvalue weighted by molar-refractivity contribution is 0.417. The van der Waals surface area contributed by atoms with E-state index in [-0.39, 0.29) is 0 Å². The molecule has 0 aromatic heterocycles. The summed E-state index contributed by atoms with van der Waals surface area (Å²) in [5, 5.41) is 0. The topological polar surface area (TPSA) is 3.01 Å². The van der Waals surface area contributed by atoms with Crippen LogP contribution >= 0.6 is 0 Å². The summed E-state index contributed by atoms with van der Waals surface area (Å²) in [5.74, 6) is 0. The largest absolute Gasteiger partial charge is 0.284 e. The van der Waals surface area contributed by atoms with Crippen molar-refractivity contribution in [1.29, 1.82) is 0 Å². The van der Waals surface area contributed by atoms with Gasteiger partial charge in [-0.2, -0.15) is 0 Å². The Morgan fingerprint density at radius 2 is 1.11 bits per heavy atom. The molecule has 1 aliphatic rings. The van der Waals surface area contributed by atoms with Gasteiger partial charge in [-0.05, 0) is 25.0 Å². The molecule has 1 heteroatoms. The Morgan fingerprint density at radius 1 is 0.722 bits per heavy atom. The van der Waals surface area contributed by atoms with Crippen LogP contribution in [0.4, 0.5) is 0 Å². The van der Waals surface area contributed by atoms with Gasteiger partial charge < -0.3 is 0 Å². The Bertz CT molecular complexity index is 458. The average Bonchev–Trinajstić information content (AvgIpc) is 3.01. The molecule has 18 heavy (non-hydrogen) atoms. The Kier molecular flexibility index (Phi) is 2.92. The molecule has 1 fully saturated rings. The molecule has 0 amide bonds. The first-order chi connectivity index (χ1) is 8.79. The number of hydrogen-bond donors (Lipinski definition) is 0. The van der Waals surface area contributed by atoms with Crippen LogP contribution in [0.15, 0.2) is 60.7 Å². The van der Waals surface area contributed by atoms with Crippen LogP contribution < -0.4 is 0 Å². The average molecular weight is 237 g/mol. The molecule has 0 bridgehead atoms. The Balaban J connectivity index is 2.00. The lowest BCUT2D eigenvalue weighted by Gasteiger charge is -2.20. The third-order valence-electron chi connectivity index (χ3n) is 4.08. The summed E-state index contributed by atoms with van der Waals surface area (Å²) in [4.78, 5) is 2.57. The van der Waals surface area contributed by atoms with E-state index in [9.17, 15) is 0 Å². The highest BCUT2D eigenvalue weighted by Gasteiger charge is 2.45. The van der Waals surface area contributed by atoms with Crippen molar-refractivity contribution in [3.63, 3.8) is 0 Å². The second-order valence-corrected chi connectivity index (χ2v) is 5.15. The van der Waals surface area contributed by atoms with Crippen molar-refractivity contribution in [3.8, 4) is 0 Å². The lowest BCUT2D eigenvalue weighted by atomic mass is 9.98. The highest BCUT2D eigenvalue weighted by molar-refractivity contribution is 5.34. The molecule has 1 saturated heterocycles. The molecule has 0 radical (unpaired) electrons. The third kappa shape index (κ3) is 1.95. The zero-order valence-corrected chi connectivity index (χ0v) is 11.0. The summed E-state index contributed by atoms with van der Waals surface area (Å²) in [6, 6.07) is 23.4. The monoisotopic (exact) mass is 237 g/mol. The SMILES string of the molecule is CC1C(C)N1C(c1ccccc1)c1ccccc1. The Labute approximate surface area is 109 Å². The molecular weight excluding hydrogens is 218 g/mol. The summed E-state index contributed by atoms with van der Waals surface area (Å²) >= 11 is 0. The third-order valence-corrected chi connectivity index (χ3v) is 4.08. The molecule has 2 aromatic rings. The first kappa shape index (κ1) is 11.5. The van der Waals surface area contributed by atoms with Crippen molar-refractivity contribution >= 4 is 0 Å². The van der Waals surface area contributed by atoms with Gasteiger partial charge in [0.2, 0.25) is 0 Å². The minimum Gasteiger partial charge on any atom is -0.284 e. The highest BCUT2D eigenvalue weighted by atomic mass is 15.4. The fourth-order valence-electron chi connectivity index (χ4n) is 2.81. The van der Waals surface area contributed by atoms with Crippen molar-refractivity contribution in [3.05, 3.63) is 71.8 Å². The number of hydrogen-bond acceptors (Lipinski definition) is 1. The summed E-state index contributed by atoms with van der Waals surface area (Å²) in [7, 11) is 0. The van der Waals surface area contributed by atoms with Crippen LogP contribution in [-0.2, 0) is 0 Å². The first-order valence-corrected chi connectivity index (χ1v) is 6.66. The molecule has 1 aliphatic heterocycles. The molecular formula is C17H19N. The van der Waals surface area contributed by atoms with Gasteiger partial charge in [0.1, 0.15) is 0 Å². The zero-order valence-electron chi connectivity index (χ0n) is 11.0. The van der Waals surface area contributed by atoms with E-state index in [4.69, 9.17) is 0 Å². The van der Waals surface area contributed by atoms with Crippen molar-refractivity contribution in [1.82, 2.24) is 4.90 Å². The Hall–Kier alpha value is -1.60. The number of rotatable bonds is 3. The maximum Gasteiger partial charge on any atom is 0.0607 e. The van der Waals surface area contributed by atoms with Gasteiger partial charge in [-0.1, -0.05) is 60.7 Å². The molecule has 2 atom stereocenters. The summed E-state index contributed by atoms with van der Waals surface area (Å²) in [6.07, 6.45) is 0. The van der Waals surface area contributed by atoms with Crippen LogP contribution in [-0.4, -0.2) is 17.0 Å². The second kappa shape index (κ2) is 4.58. The number of nitrogens with zero attached hydrogens (tertiary/aromatic N) is 1. The summed E-state index contributed by atoms with van der Waals surface area (Å²) in [5.41, 5.74) is 2.78.